The fraction of sp³-hybridized carbons (Fsp3) is 0.154. The van der Waals surface area contributed by atoms with Crippen molar-refractivity contribution in [2.45, 2.75) is 25.7 Å². The Morgan fingerprint density at radius 1 is 0.935 bits per heavy atom. The standard InChI is InChI=1S/C26H24N4O/c1-19(21-12-6-3-7-13-21)30-25(28-24-15-9-8-14-23(24)26(30)31)22-16-27-29(18-22)17-20-10-4-2-5-11-20/h2-16,18-19,25,28H,17H2,1H3/t19-,25+/m1/s1. The van der Waals surface area contributed by atoms with Gasteiger partial charge in [0.25, 0.3) is 5.91 Å². The van der Waals surface area contributed by atoms with Crippen LogP contribution in [0.25, 0.3) is 0 Å². The van der Waals surface area contributed by atoms with Gasteiger partial charge in [-0.15, -0.1) is 0 Å². The van der Waals surface area contributed by atoms with E-state index in [0.29, 0.717) is 12.1 Å². The summed E-state index contributed by atoms with van der Waals surface area (Å²) in [5.74, 6) is 0.0199. The summed E-state index contributed by atoms with van der Waals surface area (Å²) in [7, 11) is 0. The highest BCUT2D eigenvalue weighted by Gasteiger charge is 2.36. The minimum absolute atomic E-state index is 0.0199. The first kappa shape index (κ1) is 19.1. The Morgan fingerprint density at radius 2 is 1.61 bits per heavy atom. The van der Waals surface area contributed by atoms with Gasteiger partial charge in [-0.05, 0) is 30.2 Å². The van der Waals surface area contributed by atoms with Gasteiger partial charge in [0.15, 0.2) is 0 Å². The van der Waals surface area contributed by atoms with Gasteiger partial charge in [-0.1, -0.05) is 72.8 Å². The average Bonchev–Trinajstić information content (AvgIpc) is 3.28. The molecule has 0 unspecified atom stereocenters. The molecule has 1 aromatic heterocycles. The number of hydrogen-bond donors (Lipinski definition) is 1. The largest absolute Gasteiger partial charge is 0.361 e. The average molecular weight is 409 g/mol. The van der Waals surface area contributed by atoms with Gasteiger partial charge in [0.2, 0.25) is 0 Å². The van der Waals surface area contributed by atoms with Crippen molar-refractivity contribution in [1.29, 1.82) is 0 Å². The van der Waals surface area contributed by atoms with E-state index in [0.717, 1.165) is 16.8 Å². The van der Waals surface area contributed by atoms with E-state index in [9.17, 15) is 4.79 Å². The zero-order valence-electron chi connectivity index (χ0n) is 17.3. The van der Waals surface area contributed by atoms with Crippen LogP contribution >= 0.6 is 0 Å². The van der Waals surface area contributed by atoms with Crippen LogP contribution in [0.1, 0.15) is 46.2 Å². The van der Waals surface area contributed by atoms with Crippen molar-refractivity contribution in [2.75, 3.05) is 5.32 Å². The van der Waals surface area contributed by atoms with Gasteiger partial charge in [-0.25, -0.2) is 0 Å². The Balaban J connectivity index is 1.51. The van der Waals surface area contributed by atoms with E-state index >= 15 is 0 Å². The molecule has 154 valence electrons. The van der Waals surface area contributed by atoms with Crippen molar-refractivity contribution in [3.05, 3.63) is 120 Å². The van der Waals surface area contributed by atoms with E-state index in [4.69, 9.17) is 0 Å². The molecule has 0 aliphatic carbocycles. The number of rotatable bonds is 5. The second kappa shape index (κ2) is 8.11. The predicted molar refractivity (Wildman–Crippen MR) is 122 cm³/mol. The quantitative estimate of drug-likeness (QED) is 0.490. The molecule has 0 spiro atoms. The molecule has 0 fully saturated rings. The maximum Gasteiger partial charge on any atom is 0.258 e. The molecule has 0 saturated heterocycles. The van der Waals surface area contributed by atoms with E-state index in [1.807, 2.05) is 82.6 Å². The lowest BCUT2D eigenvalue weighted by Gasteiger charge is -2.41. The highest BCUT2D eigenvalue weighted by atomic mass is 16.2. The lowest BCUT2D eigenvalue weighted by atomic mass is 10.00. The van der Waals surface area contributed by atoms with Crippen LogP contribution in [0.3, 0.4) is 0 Å². The third kappa shape index (κ3) is 3.70. The Bertz CT molecular complexity index is 1190. The molecule has 31 heavy (non-hydrogen) atoms. The van der Waals surface area contributed by atoms with Gasteiger partial charge in [0.05, 0.1) is 24.3 Å². The molecular weight excluding hydrogens is 384 g/mol. The number of nitrogens with one attached hydrogen (secondary N) is 1. The minimum atomic E-state index is -0.304. The van der Waals surface area contributed by atoms with Crippen molar-refractivity contribution < 1.29 is 4.79 Å². The van der Waals surface area contributed by atoms with E-state index in [-0.39, 0.29) is 18.1 Å². The first-order valence-corrected chi connectivity index (χ1v) is 10.5. The normalized spacial score (nSPS) is 16.5. The number of anilines is 1. The zero-order valence-corrected chi connectivity index (χ0v) is 17.3. The van der Waals surface area contributed by atoms with Crippen molar-refractivity contribution >= 4 is 11.6 Å². The molecule has 5 rings (SSSR count). The summed E-state index contributed by atoms with van der Waals surface area (Å²) in [6.07, 6.45) is 3.57. The van der Waals surface area contributed by atoms with Crippen LogP contribution in [0.5, 0.6) is 0 Å². The summed E-state index contributed by atoms with van der Waals surface area (Å²) >= 11 is 0. The molecule has 2 heterocycles. The molecule has 1 amide bonds. The molecule has 1 aliphatic heterocycles. The molecule has 0 bridgehead atoms. The Labute approximate surface area is 182 Å². The van der Waals surface area contributed by atoms with E-state index in [2.05, 4.69) is 41.6 Å². The zero-order chi connectivity index (χ0) is 21.2. The summed E-state index contributed by atoms with van der Waals surface area (Å²) in [6, 6.07) is 28.0. The van der Waals surface area contributed by atoms with E-state index < -0.39 is 0 Å². The lowest BCUT2D eigenvalue weighted by molar-refractivity contribution is 0.0596. The van der Waals surface area contributed by atoms with Crippen molar-refractivity contribution in [2.24, 2.45) is 0 Å². The second-order valence-corrected chi connectivity index (χ2v) is 7.85. The molecule has 0 radical (unpaired) electrons. The number of fused-ring (bicyclic) bond motifs is 1. The van der Waals surface area contributed by atoms with Crippen molar-refractivity contribution in [3.8, 4) is 0 Å². The molecule has 5 nitrogen and oxygen atoms in total. The molecule has 2 atom stereocenters. The second-order valence-electron chi connectivity index (χ2n) is 7.85. The molecule has 0 saturated carbocycles. The van der Waals surface area contributed by atoms with Crippen LogP contribution in [-0.4, -0.2) is 20.6 Å². The lowest BCUT2D eigenvalue weighted by Crippen LogP contribution is -2.44. The molecule has 5 heteroatoms. The van der Waals surface area contributed by atoms with Crippen molar-refractivity contribution in [3.63, 3.8) is 0 Å². The molecular formula is C26H24N4O. The fourth-order valence-corrected chi connectivity index (χ4v) is 4.18. The Hall–Kier alpha value is -3.86. The first-order chi connectivity index (χ1) is 15.2. The van der Waals surface area contributed by atoms with Gasteiger partial charge >= 0.3 is 0 Å². The number of para-hydroxylation sites is 1. The Kier molecular flexibility index (Phi) is 5.00. The SMILES string of the molecule is C[C@H](c1ccccc1)N1C(=O)c2ccccc2N[C@@H]1c1cnn(Cc2ccccc2)c1. The van der Waals surface area contributed by atoms with Gasteiger partial charge in [-0.2, -0.15) is 5.10 Å². The van der Waals surface area contributed by atoms with E-state index in [1.54, 1.807) is 0 Å². The smallest absolute Gasteiger partial charge is 0.258 e. The molecule has 4 aromatic rings. The van der Waals surface area contributed by atoms with Crippen molar-refractivity contribution in [1.82, 2.24) is 14.7 Å². The highest BCUT2D eigenvalue weighted by molar-refractivity contribution is 6.02. The molecule has 3 aromatic carbocycles. The summed E-state index contributed by atoms with van der Waals surface area (Å²) in [5, 5.41) is 8.15. The van der Waals surface area contributed by atoms with Crippen LogP contribution < -0.4 is 5.32 Å². The van der Waals surface area contributed by atoms with Gasteiger partial charge in [-0.3, -0.25) is 9.48 Å². The fourth-order valence-electron chi connectivity index (χ4n) is 4.18. The number of amides is 1. The number of nitrogens with zero attached hydrogens (tertiary/aromatic N) is 3. The maximum absolute atomic E-state index is 13.6. The highest BCUT2D eigenvalue weighted by Crippen LogP contribution is 2.38. The summed E-state index contributed by atoms with van der Waals surface area (Å²) in [5.41, 5.74) is 4.79. The molecule has 1 N–H and O–H groups in total. The number of benzene rings is 3. The van der Waals surface area contributed by atoms with E-state index in [1.165, 1.54) is 5.56 Å². The van der Waals surface area contributed by atoms with Crippen LogP contribution in [0, 0.1) is 0 Å². The third-order valence-corrected chi connectivity index (χ3v) is 5.82. The third-order valence-electron chi connectivity index (χ3n) is 5.82. The number of carbonyl (C=O) groups is 1. The monoisotopic (exact) mass is 408 g/mol. The topological polar surface area (TPSA) is 50.2 Å². The Morgan fingerprint density at radius 3 is 2.39 bits per heavy atom. The van der Waals surface area contributed by atoms with Gasteiger partial charge < -0.3 is 10.2 Å². The summed E-state index contributed by atoms with van der Waals surface area (Å²) in [6.45, 7) is 2.76. The van der Waals surface area contributed by atoms with Gasteiger partial charge in [0, 0.05) is 17.4 Å². The summed E-state index contributed by atoms with van der Waals surface area (Å²) < 4.78 is 1.92. The first-order valence-electron chi connectivity index (χ1n) is 10.5. The number of aromatic nitrogens is 2. The van der Waals surface area contributed by atoms with Crippen LogP contribution in [0.2, 0.25) is 0 Å². The van der Waals surface area contributed by atoms with Crippen LogP contribution in [-0.2, 0) is 6.54 Å². The summed E-state index contributed by atoms with van der Waals surface area (Å²) in [4.78, 5) is 15.5. The molecule has 1 aliphatic rings. The maximum atomic E-state index is 13.6. The number of carbonyl (C=O) groups excluding carboxylic acids is 1. The van der Waals surface area contributed by atoms with Crippen LogP contribution in [0.15, 0.2) is 97.3 Å². The number of hydrogen-bond acceptors (Lipinski definition) is 3. The van der Waals surface area contributed by atoms with Crippen LogP contribution in [0.4, 0.5) is 5.69 Å². The minimum Gasteiger partial charge on any atom is -0.361 e. The predicted octanol–water partition coefficient (Wildman–Crippen LogP) is 5.26. The van der Waals surface area contributed by atoms with Gasteiger partial charge in [0.1, 0.15) is 6.17 Å².